The smallest absolute Gasteiger partial charge is 0.272 e. The van der Waals surface area contributed by atoms with E-state index in [1.54, 1.807) is 0 Å². The van der Waals surface area contributed by atoms with E-state index < -0.39 is 0 Å². The second-order valence-corrected chi connectivity index (χ2v) is 9.31. The van der Waals surface area contributed by atoms with E-state index in [0.29, 0.717) is 24.3 Å². The number of amides is 1. The molecule has 168 valence electrons. The lowest BCUT2D eigenvalue weighted by Crippen LogP contribution is -2.48. The Bertz CT molecular complexity index is 1280. The molecule has 0 spiro atoms. The van der Waals surface area contributed by atoms with Gasteiger partial charge >= 0.3 is 0 Å². The van der Waals surface area contributed by atoms with E-state index >= 15 is 0 Å². The predicted molar refractivity (Wildman–Crippen MR) is 126 cm³/mol. The van der Waals surface area contributed by atoms with Gasteiger partial charge in [-0.3, -0.25) is 9.89 Å². The average Bonchev–Trinajstić information content (AvgIpc) is 3.51. The number of nitrogens with zero attached hydrogens (tertiary/aromatic N) is 5. The summed E-state index contributed by atoms with van der Waals surface area (Å²) in [6.07, 6.45) is 6.44. The molecular formula is C25H27N7O. The van der Waals surface area contributed by atoms with E-state index in [-0.39, 0.29) is 11.9 Å². The van der Waals surface area contributed by atoms with Crippen molar-refractivity contribution in [2.75, 3.05) is 7.05 Å². The first-order valence-electron chi connectivity index (χ1n) is 11.6. The van der Waals surface area contributed by atoms with E-state index in [2.05, 4.69) is 49.9 Å². The Hall–Kier alpha value is -3.52. The number of hydrogen-bond acceptors (Lipinski definition) is 5. The maximum absolute atomic E-state index is 13.0. The van der Waals surface area contributed by atoms with Crippen LogP contribution < -0.4 is 5.32 Å². The number of benzene rings is 2. The topological polar surface area (TPSA) is 91.7 Å². The van der Waals surface area contributed by atoms with E-state index in [1.807, 2.05) is 47.3 Å². The number of fused-ring (bicyclic) bond motifs is 3. The second-order valence-electron chi connectivity index (χ2n) is 9.31. The van der Waals surface area contributed by atoms with E-state index in [4.69, 9.17) is 0 Å². The van der Waals surface area contributed by atoms with Gasteiger partial charge in [-0.15, -0.1) is 5.10 Å². The van der Waals surface area contributed by atoms with Crippen molar-refractivity contribution in [1.82, 2.24) is 35.4 Å². The molecule has 6 rings (SSSR count). The van der Waals surface area contributed by atoms with Crippen molar-refractivity contribution in [1.29, 1.82) is 0 Å². The molecule has 33 heavy (non-hydrogen) atoms. The van der Waals surface area contributed by atoms with Gasteiger partial charge in [-0.05, 0) is 50.4 Å². The summed E-state index contributed by atoms with van der Waals surface area (Å²) in [5.41, 5.74) is 4.17. The van der Waals surface area contributed by atoms with Crippen LogP contribution >= 0.6 is 0 Å². The summed E-state index contributed by atoms with van der Waals surface area (Å²) in [6.45, 7) is 0.670. The van der Waals surface area contributed by atoms with Crippen molar-refractivity contribution in [2.24, 2.45) is 0 Å². The monoisotopic (exact) mass is 441 g/mol. The number of H-pyrrole nitrogens is 1. The Balaban J connectivity index is 1.18. The van der Waals surface area contributed by atoms with Crippen molar-refractivity contribution in [3.63, 3.8) is 0 Å². The molecule has 8 nitrogen and oxygen atoms in total. The highest BCUT2D eigenvalue weighted by atomic mass is 16.2. The van der Waals surface area contributed by atoms with Crippen molar-refractivity contribution < 1.29 is 4.79 Å². The number of carbonyl (C=O) groups is 1. The molecule has 2 saturated heterocycles. The minimum absolute atomic E-state index is 0.100. The van der Waals surface area contributed by atoms with Crippen molar-refractivity contribution in [3.8, 4) is 11.3 Å². The van der Waals surface area contributed by atoms with Gasteiger partial charge in [0.05, 0.1) is 18.3 Å². The van der Waals surface area contributed by atoms with Crippen LogP contribution in [0.4, 0.5) is 0 Å². The molecule has 3 atom stereocenters. The third kappa shape index (κ3) is 3.80. The number of nitrogens with one attached hydrogen (secondary N) is 2. The van der Waals surface area contributed by atoms with Gasteiger partial charge in [0.2, 0.25) is 0 Å². The predicted octanol–water partition coefficient (Wildman–Crippen LogP) is 3.22. The molecule has 2 aromatic carbocycles. The summed E-state index contributed by atoms with van der Waals surface area (Å²) in [6, 6.07) is 17.5. The summed E-state index contributed by atoms with van der Waals surface area (Å²) >= 11 is 0. The van der Waals surface area contributed by atoms with Crippen LogP contribution in [0.25, 0.3) is 22.2 Å². The Morgan fingerprint density at radius 3 is 2.70 bits per heavy atom. The Kier molecular flexibility index (Phi) is 4.95. The molecule has 0 aliphatic carbocycles. The largest absolute Gasteiger partial charge is 0.348 e. The molecule has 2 aliphatic heterocycles. The number of carbonyl (C=O) groups excluding carboxylic acids is 1. The summed E-state index contributed by atoms with van der Waals surface area (Å²) in [5.74, 6) is -0.100. The molecule has 1 amide bonds. The molecule has 8 heteroatoms. The molecular weight excluding hydrogens is 414 g/mol. The van der Waals surface area contributed by atoms with E-state index in [9.17, 15) is 4.79 Å². The Morgan fingerprint density at radius 1 is 1.12 bits per heavy atom. The van der Waals surface area contributed by atoms with Crippen LogP contribution in [-0.4, -0.2) is 61.2 Å². The lowest BCUT2D eigenvalue weighted by atomic mass is 9.98. The molecule has 4 aromatic rings. The lowest BCUT2D eigenvalue weighted by Gasteiger charge is -2.36. The van der Waals surface area contributed by atoms with Gasteiger partial charge in [0.15, 0.2) is 5.69 Å². The third-order valence-corrected chi connectivity index (χ3v) is 7.23. The molecule has 2 bridgehead atoms. The van der Waals surface area contributed by atoms with Crippen LogP contribution in [-0.2, 0) is 6.54 Å². The highest BCUT2D eigenvalue weighted by Crippen LogP contribution is 2.34. The van der Waals surface area contributed by atoms with Gasteiger partial charge in [-0.2, -0.15) is 5.10 Å². The van der Waals surface area contributed by atoms with Crippen molar-refractivity contribution >= 4 is 16.8 Å². The van der Waals surface area contributed by atoms with Crippen LogP contribution in [0, 0.1) is 0 Å². The zero-order valence-electron chi connectivity index (χ0n) is 18.6. The summed E-state index contributed by atoms with van der Waals surface area (Å²) < 4.78 is 1.83. The maximum atomic E-state index is 13.0. The molecule has 1 unspecified atom stereocenters. The number of hydrogen-bond donors (Lipinski definition) is 2. The lowest BCUT2D eigenvalue weighted by molar-refractivity contribution is 0.0879. The highest BCUT2D eigenvalue weighted by molar-refractivity contribution is 6.05. The number of aromatic amines is 1. The van der Waals surface area contributed by atoms with Crippen LogP contribution in [0.1, 0.15) is 41.7 Å². The molecule has 2 aliphatic rings. The minimum atomic E-state index is -0.100. The second kappa shape index (κ2) is 8.12. The fourth-order valence-corrected chi connectivity index (χ4v) is 5.41. The third-order valence-electron chi connectivity index (χ3n) is 7.23. The summed E-state index contributed by atoms with van der Waals surface area (Å²) in [4.78, 5) is 15.5. The normalized spacial score (nSPS) is 22.6. The van der Waals surface area contributed by atoms with Crippen LogP contribution in [0.3, 0.4) is 0 Å². The van der Waals surface area contributed by atoms with Gasteiger partial charge in [0.25, 0.3) is 5.91 Å². The molecule has 0 radical (unpaired) electrons. The molecule has 0 saturated carbocycles. The van der Waals surface area contributed by atoms with E-state index in [0.717, 1.165) is 35.0 Å². The first-order chi connectivity index (χ1) is 16.1. The first-order valence-corrected chi connectivity index (χ1v) is 11.6. The molecule has 2 fully saturated rings. The Morgan fingerprint density at radius 2 is 1.91 bits per heavy atom. The first kappa shape index (κ1) is 20.1. The van der Waals surface area contributed by atoms with Gasteiger partial charge in [-0.1, -0.05) is 41.6 Å². The fourth-order valence-electron chi connectivity index (χ4n) is 5.41. The van der Waals surface area contributed by atoms with Crippen LogP contribution in [0.5, 0.6) is 0 Å². The Labute approximate surface area is 192 Å². The minimum Gasteiger partial charge on any atom is -0.348 e. The fraction of sp³-hybridized carbons (Fsp3) is 0.360. The average molecular weight is 442 g/mol. The molecule has 2 N–H and O–H groups in total. The van der Waals surface area contributed by atoms with Crippen molar-refractivity contribution in [3.05, 3.63) is 66.0 Å². The zero-order chi connectivity index (χ0) is 22.4. The maximum Gasteiger partial charge on any atom is 0.272 e. The summed E-state index contributed by atoms with van der Waals surface area (Å²) in [7, 11) is 2.21. The van der Waals surface area contributed by atoms with Crippen LogP contribution in [0.15, 0.2) is 54.7 Å². The van der Waals surface area contributed by atoms with E-state index in [1.165, 1.54) is 18.4 Å². The van der Waals surface area contributed by atoms with Crippen LogP contribution in [0.2, 0.25) is 0 Å². The van der Waals surface area contributed by atoms with Gasteiger partial charge in [0, 0.05) is 29.1 Å². The molecule has 4 heterocycles. The van der Waals surface area contributed by atoms with Gasteiger partial charge < -0.3 is 10.2 Å². The SMILES string of the molecule is CN1[C@@H]2CC[C@H]1CC(NC(=O)c1n[nH]c3cc(-c4cn(Cc5ccccc5)nn4)ccc13)C2. The van der Waals surface area contributed by atoms with Gasteiger partial charge in [-0.25, -0.2) is 4.68 Å². The van der Waals surface area contributed by atoms with Crippen molar-refractivity contribution in [2.45, 2.75) is 50.4 Å². The zero-order valence-corrected chi connectivity index (χ0v) is 18.6. The number of aromatic nitrogens is 5. The highest BCUT2D eigenvalue weighted by Gasteiger charge is 2.39. The molecule has 2 aromatic heterocycles. The summed E-state index contributed by atoms with van der Waals surface area (Å²) in [5, 5.41) is 20.0. The number of piperidine rings is 1. The number of rotatable bonds is 5. The standard InChI is InChI=1S/C25H27N7O/c1-31-19-8-9-20(31)13-18(12-19)26-25(33)24-21-10-7-17(11-22(21)27-29-24)23-15-32(30-28-23)14-16-5-3-2-4-6-16/h2-7,10-11,15,18-20H,8-9,12-14H2,1H3,(H,26,33)(H,27,29)/t18?,19-,20+. The quantitative estimate of drug-likeness (QED) is 0.496. The van der Waals surface area contributed by atoms with Gasteiger partial charge in [0.1, 0.15) is 5.69 Å².